The molecule has 9 nitrogen and oxygen atoms in total. The summed E-state index contributed by atoms with van der Waals surface area (Å²) in [7, 11) is 0. The summed E-state index contributed by atoms with van der Waals surface area (Å²) >= 11 is 0. The third kappa shape index (κ3) is 3.07. The first-order chi connectivity index (χ1) is 11.6. The van der Waals surface area contributed by atoms with E-state index in [4.69, 9.17) is 10.00 Å². The van der Waals surface area contributed by atoms with Crippen LogP contribution in [-0.4, -0.2) is 28.4 Å². The molecule has 0 unspecified atom stereocenters. The lowest BCUT2D eigenvalue weighted by atomic mass is 10.1. The van der Waals surface area contributed by atoms with Crippen LogP contribution in [0.25, 0.3) is 0 Å². The highest BCUT2D eigenvalue weighted by Crippen LogP contribution is 2.28. The normalized spacial score (nSPS) is 12.4. The Hall–Kier alpha value is -3.67. The molecule has 0 aliphatic carbocycles. The number of hydrogen-bond donors (Lipinski definition) is 3. The maximum absolute atomic E-state index is 12.0. The van der Waals surface area contributed by atoms with Crippen molar-refractivity contribution in [3.8, 4) is 11.8 Å². The summed E-state index contributed by atoms with van der Waals surface area (Å²) in [6, 6.07) is 6.78. The number of nitrogens with one attached hydrogen (secondary N) is 3. The van der Waals surface area contributed by atoms with Gasteiger partial charge in [0.05, 0.1) is 11.9 Å². The molecule has 0 fully saturated rings. The Morgan fingerprint density at radius 2 is 2.25 bits per heavy atom. The van der Waals surface area contributed by atoms with Crippen molar-refractivity contribution in [3.63, 3.8) is 0 Å². The van der Waals surface area contributed by atoms with Crippen LogP contribution in [0.4, 0.5) is 5.69 Å². The van der Waals surface area contributed by atoms with Gasteiger partial charge in [-0.2, -0.15) is 5.26 Å². The van der Waals surface area contributed by atoms with Crippen LogP contribution in [0.15, 0.2) is 29.2 Å². The maximum Gasteiger partial charge on any atom is 0.287 e. The Balaban J connectivity index is 1.70. The number of amides is 2. The molecule has 0 atom stereocenters. The van der Waals surface area contributed by atoms with Crippen molar-refractivity contribution in [2.45, 2.75) is 6.54 Å². The number of anilines is 1. The molecule has 0 bridgehead atoms. The smallest absolute Gasteiger partial charge is 0.287 e. The standard InChI is InChI=1S/C15H11N5O4/c16-4-9-6-17-13(20-14(9)22)15(23)18-5-8-1-2-11-10(3-8)19-12(21)7-24-11/h1-3,6H,5,7H2,(H,18,23)(H,19,21)(H,17,20,22). The van der Waals surface area contributed by atoms with E-state index in [0.29, 0.717) is 11.4 Å². The summed E-state index contributed by atoms with van der Waals surface area (Å²) in [5.74, 6) is -0.464. The van der Waals surface area contributed by atoms with Crippen molar-refractivity contribution < 1.29 is 14.3 Å². The van der Waals surface area contributed by atoms with Crippen LogP contribution in [0.5, 0.6) is 5.75 Å². The number of nitrogens with zero attached hydrogens (tertiary/aromatic N) is 2. The van der Waals surface area contributed by atoms with Crippen LogP contribution in [0.3, 0.4) is 0 Å². The third-order valence-electron chi connectivity index (χ3n) is 3.26. The molecule has 0 saturated carbocycles. The molecule has 3 rings (SSSR count). The number of rotatable bonds is 3. The first-order valence-corrected chi connectivity index (χ1v) is 6.90. The first-order valence-electron chi connectivity index (χ1n) is 6.90. The molecule has 2 aromatic rings. The second-order valence-corrected chi connectivity index (χ2v) is 4.94. The molecule has 1 aromatic carbocycles. The number of benzene rings is 1. The fourth-order valence-electron chi connectivity index (χ4n) is 2.10. The van der Waals surface area contributed by atoms with Crippen LogP contribution in [0.2, 0.25) is 0 Å². The Morgan fingerprint density at radius 3 is 3.00 bits per heavy atom. The third-order valence-corrected chi connectivity index (χ3v) is 3.26. The minimum absolute atomic E-state index is 0.0270. The Labute approximate surface area is 135 Å². The largest absolute Gasteiger partial charge is 0.482 e. The van der Waals surface area contributed by atoms with E-state index in [-0.39, 0.29) is 30.4 Å². The summed E-state index contributed by atoms with van der Waals surface area (Å²) in [5, 5.41) is 13.9. The predicted octanol–water partition coefficient (Wildman–Crippen LogP) is -0.0975. The van der Waals surface area contributed by atoms with Gasteiger partial charge in [-0.15, -0.1) is 0 Å². The number of fused-ring (bicyclic) bond motifs is 1. The molecule has 3 N–H and O–H groups in total. The van der Waals surface area contributed by atoms with Gasteiger partial charge in [0.25, 0.3) is 17.4 Å². The van der Waals surface area contributed by atoms with Crippen molar-refractivity contribution >= 4 is 17.5 Å². The fourth-order valence-corrected chi connectivity index (χ4v) is 2.10. The van der Waals surface area contributed by atoms with Gasteiger partial charge in [-0.05, 0) is 17.7 Å². The number of aromatic nitrogens is 2. The van der Waals surface area contributed by atoms with Crippen molar-refractivity contribution in [2.75, 3.05) is 11.9 Å². The zero-order valence-electron chi connectivity index (χ0n) is 12.3. The lowest BCUT2D eigenvalue weighted by molar-refractivity contribution is -0.118. The maximum atomic E-state index is 12.0. The van der Waals surface area contributed by atoms with E-state index >= 15 is 0 Å². The fraction of sp³-hybridized carbons (Fsp3) is 0.133. The van der Waals surface area contributed by atoms with E-state index in [1.807, 2.05) is 0 Å². The van der Waals surface area contributed by atoms with E-state index in [2.05, 4.69) is 20.6 Å². The topological polar surface area (TPSA) is 137 Å². The van der Waals surface area contributed by atoms with E-state index in [1.165, 1.54) is 0 Å². The van der Waals surface area contributed by atoms with E-state index in [0.717, 1.165) is 11.8 Å². The SMILES string of the molecule is N#Cc1cnc(C(=O)NCc2ccc3c(c2)NC(=O)CO3)[nH]c1=O. The highest BCUT2D eigenvalue weighted by Gasteiger charge is 2.16. The molecule has 1 aliphatic rings. The van der Waals surface area contributed by atoms with Crippen molar-refractivity contribution in [3.05, 3.63) is 51.7 Å². The van der Waals surface area contributed by atoms with Gasteiger partial charge in [-0.3, -0.25) is 14.4 Å². The number of hydrogen-bond acceptors (Lipinski definition) is 6. The summed E-state index contributed by atoms with van der Waals surface area (Å²) in [4.78, 5) is 40.8. The Morgan fingerprint density at radius 1 is 1.42 bits per heavy atom. The predicted molar refractivity (Wildman–Crippen MR) is 81.3 cm³/mol. The van der Waals surface area contributed by atoms with Crippen molar-refractivity contribution in [2.24, 2.45) is 0 Å². The lowest BCUT2D eigenvalue weighted by Crippen LogP contribution is -2.28. The molecule has 0 saturated heterocycles. The number of carbonyl (C=O) groups is 2. The molecule has 1 aromatic heterocycles. The molecular weight excluding hydrogens is 314 g/mol. The molecule has 1 aliphatic heterocycles. The number of nitriles is 1. The van der Waals surface area contributed by atoms with Crippen LogP contribution in [0, 0.1) is 11.3 Å². The molecular formula is C15H11N5O4. The first kappa shape index (κ1) is 15.2. The van der Waals surface area contributed by atoms with Crippen LogP contribution >= 0.6 is 0 Å². The second kappa shape index (κ2) is 6.21. The molecule has 24 heavy (non-hydrogen) atoms. The molecule has 9 heteroatoms. The van der Waals surface area contributed by atoms with E-state index in [1.54, 1.807) is 24.3 Å². The van der Waals surface area contributed by atoms with Crippen molar-refractivity contribution in [1.29, 1.82) is 5.26 Å². The summed E-state index contributed by atoms with van der Waals surface area (Å²) < 4.78 is 5.25. The van der Waals surface area contributed by atoms with Crippen LogP contribution in [-0.2, 0) is 11.3 Å². The monoisotopic (exact) mass is 325 g/mol. The molecule has 2 amide bonds. The minimum atomic E-state index is -0.675. The number of carbonyl (C=O) groups excluding carboxylic acids is 2. The average Bonchev–Trinajstić information content (AvgIpc) is 2.59. The van der Waals surface area contributed by atoms with Crippen LogP contribution < -0.4 is 20.9 Å². The Bertz CT molecular complexity index is 928. The van der Waals surface area contributed by atoms with Crippen LogP contribution in [0.1, 0.15) is 21.7 Å². The van der Waals surface area contributed by atoms with Crippen molar-refractivity contribution in [1.82, 2.24) is 15.3 Å². The summed E-state index contributed by atoms with van der Waals surface area (Å²) in [5.41, 5.74) is 0.412. The molecule has 0 radical (unpaired) electrons. The summed E-state index contributed by atoms with van der Waals surface area (Å²) in [6.45, 7) is 0.131. The van der Waals surface area contributed by atoms with E-state index in [9.17, 15) is 14.4 Å². The van der Waals surface area contributed by atoms with Gasteiger partial charge in [0.2, 0.25) is 0 Å². The molecule has 0 spiro atoms. The number of H-pyrrole nitrogens is 1. The minimum Gasteiger partial charge on any atom is -0.482 e. The lowest BCUT2D eigenvalue weighted by Gasteiger charge is -2.18. The van der Waals surface area contributed by atoms with Gasteiger partial charge in [0.1, 0.15) is 17.4 Å². The van der Waals surface area contributed by atoms with Gasteiger partial charge in [-0.25, -0.2) is 4.98 Å². The molecule has 2 heterocycles. The van der Waals surface area contributed by atoms with Gasteiger partial charge >= 0.3 is 0 Å². The summed E-state index contributed by atoms with van der Waals surface area (Å²) in [6.07, 6.45) is 1.04. The molecule has 120 valence electrons. The zero-order chi connectivity index (χ0) is 17.1. The Kier molecular flexibility index (Phi) is 3.94. The number of aromatic amines is 1. The van der Waals surface area contributed by atoms with Gasteiger partial charge in [0.15, 0.2) is 12.4 Å². The second-order valence-electron chi connectivity index (χ2n) is 4.94. The van der Waals surface area contributed by atoms with E-state index < -0.39 is 11.5 Å². The number of ether oxygens (including phenoxy) is 1. The zero-order valence-corrected chi connectivity index (χ0v) is 12.3. The highest BCUT2D eigenvalue weighted by molar-refractivity contribution is 5.95. The van der Waals surface area contributed by atoms with Gasteiger partial charge in [-0.1, -0.05) is 6.07 Å². The average molecular weight is 325 g/mol. The van der Waals surface area contributed by atoms with Gasteiger partial charge in [0, 0.05) is 6.54 Å². The van der Waals surface area contributed by atoms with Gasteiger partial charge < -0.3 is 20.4 Å². The highest BCUT2D eigenvalue weighted by atomic mass is 16.5. The quantitative estimate of drug-likeness (QED) is 0.721.